The number of anilines is 1. The molecule has 0 unspecified atom stereocenters. The Morgan fingerprint density at radius 1 is 1.43 bits per heavy atom. The van der Waals surface area contributed by atoms with Gasteiger partial charge in [0.15, 0.2) is 0 Å². The first-order valence-corrected chi connectivity index (χ1v) is 7.87. The summed E-state index contributed by atoms with van der Waals surface area (Å²) < 4.78 is 5.53. The molecule has 1 aliphatic carbocycles. The van der Waals surface area contributed by atoms with Gasteiger partial charge < -0.3 is 15.8 Å². The van der Waals surface area contributed by atoms with E-state index >= 15 is 0 Å². The molecule has 6 heteroatoms. The number of nitrogens with zero attached hydrogens (tertiary/aromatic N) is 2. The van der Waals surface area contributed by atoms with Crippen molar-refractivity contribution in [3.8, 4) is 6.07 Å². The predicted octanol–water partition coefficient (Wildman–Crippen LogP) is 3.19. The van der Waals surface area contributed by atoms with Crippen molar-refractivity contribution in [3.05, 3.63) is 23.9 Å². The topological polar surface area (TPSA) is 101 Å². The summed E-state index contributed by atoms with van der Waals surface area (Å²) in [7, 11) is 0. The molecule has 3 N–H and O–H groups in total. The summed E-state index contributed by atoms with van der Waals surface area (Å²) in [6, 6.07) is 5.87. The molecule has 1 saturated carbocycles. The minimum absolute atomic E-state index is 0.167. The van der Waals surface area contributed by atoms with Crippen LogP contribution in [-0.4, -0.2) is 22.7 Å². The molecule has 1 aliphatic rings. The number of nitrogens with one attached hydrogen (secondary N) is 1. The fourth-order valence-electron chi connectivity index (χ4n) is 3.18. The zero-order chi connectivity index (χ0) is 17.1. The van der Waals surface area contributed by atoms with Crippen LogP contribution >= 0.6 is 0 Å². The molecule has 1 aromatic heterocycles. The van der Waals surface area contributed by atoms with Crippen molar-refractivity contribution < 1.29 is 9.53 Å². The largest absolute Gasteiger partial charge is 0.443 e. The fourth-order valence-corrected chi connectivity index (χ4v) is 3.18. The van der Waals surface area contributed by atoms with Crippen LogP contribution < -0.4 is 11.1 Å². The molecular formula is C17H24N4O2. The van der Waals surface area contributed by atoms with Gasteiger partial charge in [-0.2, -0.15) is 5.26 Å². The van der Waals surface area contributed by atoms with E-state index in [0.717, 1.165) is 31.5 Å². The second-order valence-electron chi connectivity index (χ2n) is 7.13. The number of hydrogen-bond acceptors (Lipinski definition) is 5. The van der Waals surface area contributed by atoms with Crippen LogP contribution in [0.3, 0.4) is 0 Å². The Balaban J connectivity index is 2.01. The van der Waals surface area contributed by atoms with Gasteiger partial charge in [0.25, 0.3) is 0 Å². The summed E-state index contributed by atoms with van der Waals surface area (Å²) in [5.41, 5.74) is 5.13. The molecule has 1 heterocycles. The normalized spacial score (nSPS) is 24.5. The van der Waals surface area contributed by atoms with Gasteiger partial charge in [0.1, 0.15) is 17.5 Å². The molecule has 0 radical (unpaired) electrons. The summed E-state index contributed by atoms with van der Waals surface area (Å²) in [5.74, 6) is 0.757. The highest BCUT2D eigenvalue weighted by Crippen LogP contribution is 2.45. The summed E-state index contributed by atoms with van der Waals surface area (Å²) in [6.45, 7) is 6.23. The first kappa shape index (κ1) is 17.1. The third kappa shape index (κ3) is 3.92. The van der Waals surface area contributed by atoms with E-state index < -0.39 is 11.7 Å². The highest BCUT2D eigenvalue weighted by molar-refractivity contribution is 5.65. The number of rotatable bonds is 3. The Kier molecular flexibility index (Phi) is 4.79. The van der Waals surface area contributed by atoms with E-state index in [4.69, 9.17) is 15.7 Å². The average Bonchev–Trinajstić information content (AvgIpc) is 2.48. The maximum absolute atomic E-state index is 11.3. The number of hydrogen-bond donors (Lipinski definition) is 2. The maximum atomic E-state index is 11.3. The van der Waals surface area contributed by atoms with Gasteiger partial charge in [-0.15, -0.1) is 0 Å². The number of carbonyl (C=O) groups is 1. The minimum atomic E-state index is -0.708. The van der Waals surface area contributed by atoms with E-state index in [1.54, 1.807) is 12.3 Å². The summed E-state index contributed by atoms with van der Waals surface area (Å²) in [4.78, 5) is 15.5. The molecule has 1 amide bonds. The van der Waals surface area contributed by atoms with Crippen molar-refractivity contribution in [3.63, 3.8) is 0 Å². The van der Waals surface area contributed by atoms with E-state index in [1.165, 1.54) is 0 Å². The Morgan fingerprint density at radius 2 is 2.09 bits per heavy atom. The van der Waals surface area contributed by atoms with Gasteiger partial charge in [0.2, 0.25) is 0 Å². The van der Waals surface area contributed by atoms with Crippen LogP contribution in [0, 0.1) is 16.7 Å². The highest BCUT2D eigenvalue weighted by Gasteiger charge is 2.47. The van der Waals surface area contributed by atoms with Crippen LogP contribution in [0.5, 0.6) is 0 Å². The molecule has 6 nitrogen and oxygen atoms in total. The first-order chi connectivity index (χ1) is 10.8. The lowest BCUT2D eigenvalue weighted by Crippen LogP contribution is -2.51. The number of aromatic nitrogens is 1. The zero-order valence-electron chi connectivity index (χ0n) is 13.9. The fraction of sp³-hybridized carbons (Fsp3) is 0.588. The Labute approximate surface area is 137 Å². The maximum Gasteiger partial charge on any atom is 0.405 e. The van der Waals surface area contributed by atoms with Crippen molar-refractivity contribution >= 4 is 11.9 Å². The van der Waals surface area contributed by atoms with Gasteiger partial charge in [-0.25, -0.2) is 9.78 Å². The number of ether oxygens (including phenoxy) is 1. The molecule has 0 saturated heterocycles. The molecule has 0 atom stereocenters. The quantitative estimate of drug-likeness (QED) is 0.891. The summed E-state index contributed by atoms with van der Waals surface area (Å²) in [6.07, 6.45) is 4.10. The predicted molar refractivity (Wildman–Crippen MR) is 87.7 cm³/mol. The van der Waals surface area contributed by atoms with Gasteiger partial charge in [0, 0.05) is 17.7 Å². The van der Waals surface area contributed by atoms with E-state index in [2.05, 4.69) is 37.1 Å². The van der Waals surface area contributed by atoms with E-state index in [-0.39, 0.29) is 11.5 Å². The van der Waals surface area contributed by atoms with Gasteiger partial charge in [-0.1, -0.05) is 20.8 Å². The molecule has 2 rings (SSSR count). The van der Waals surface area contributed by atoms with Crippen molar-refractivity contribution in [1.29, 1.82) is 5.26 Å². The van der Waals surface area contributed by atoms with E-state index in [1.807, 2.05) is 6.07 Å². The zero-order valence-corrected chi connectivity index (χ0v) is 13.9. The lowest BCUT2D eigenvalue weighted by Gasteiger charge is -2.47. The van der Waals surface area contributed by atoms with Crippen molar-refractivity contribution in [2.45, 2.75) is 58.1 Å². The van der Waals surface area contributed by atoms with Crippen molar-refractivity contribution in [2.75, 3.05) is 5.32 Å². The molecular weight excluding hydrogens is 292 g/mol. The van der Waals surface area contributed by atoms with Crippen molar-refractivity contribution in [2.24, 2.45) is 11.1 Å². The number of pyridine rings is 1. The first-order valence-electron chi connectivity index (χ1n) is 7.87. The number of carbonyl (C=O) groups excluding carboxylic acids is 1. The monoisotopic (exact) mass is 316 g/mol. The van der Waals surface area contributed by atoms with Crippen LogP contribution in [0.2, 0.25) is 0 Å². The Morgan fingerprint density at radius 3 is 2.52 bits per heavy atom. The molecule has 1 aromatic rings. The molecule has 0 aromatic carbocycles. The number of amides is 1. The summed E-state index contributed by atoms with van der Waals surface area (Å²) in [5, 5.41) is 12.2. The smallest absolute Gasteiger partial charge is 0.405 e. The SMILES string of the molecule is CC(C)(C)[C@]1(OC(N)=O)CC[C@H](Nc2ccc(C#N)cn2)CC1. The number of primary amides is 1. The lowest BCUT2D eigenvalue weighted by atomic mass is 9.67. The van der Waals surface area contributed by atoms with Gasteiger partial charge in [0.05, 0.1) is 5.56 Å². The number of nitriles is 1. The van der Waals surface area contributed by atoms with Crippen LogP contribution in [0.15, 0.2) is 18.3 Å². The summed E-state index contributed by atoms with van der Waals surface area (Å²) >= 11 is 0. The van der Waals surface area contributed by atoms with Crippen LogP contribution in [-0.2, 0) is 4.74 Å². The van der Waals surface area contributed by atoms with Crippen LogP contribution in [0.25, 0.3) is 0 Å². The molecule has 23 heavy (non-hydrogen) atoms. The van der Waals surface area contributed by atoms with Gasteiger partial charge in [-0.05, 0) is 37.8 Å². The number of nitrogens with two attached hydrogens (primary N) is 1. The Hall–Kier alpha value is -2.29. The van der Waals surface area contributed by atoms with E-state index in [0.29, 0.717) is 5.56 Å². The van der Waals surface area contributed by atoms with Crippen molar-refractivity contribution in [1.82, 2.24) is 4.98 Å². The molecule has 124 valence electrons. The highest BCUT2D eigenvalue weighted by atomic mass is 16.6. The standard InChI is InChI=1S/C17H24N4O2/c1-16(2,3)17(23-15(19)22)8-6-13(7-9-17)21-14-5-4-12(10-18)11-20-14/h4-5,11,13H,6-9H2,1-3H3,(H2,19,22)(H,20,21)/t13-,17-. The van der Waals surface area contributed by atoms with Gasteiger partial charge in [-0.3, -0.25) is 0 Å². The minimum Gasteiger partial charge on any atom is -0.443 e. The van der Waals surface area contributed by atoms with Crippen LogP contribution in [0.4, 0.5) is 10.6 Å². The van der Waals surface area contributed by atoms with E-state index in [9.17, 15) is 4.79 Å². The second-order valence-corrected chi connectivity index (χ2v) is 7.13. The van der Waals surface area contributed by atoms with Crippen LogP contribution in [0.1, 0.15) is 52.0 Å². The Bertz CT molecular complexity index is 591. The third-order valence-electron chi connectivity index (χ3n) is 4.70. The third-order valence-corrected chi connectivity index (χ3v) is 4.70. The molecule has 1 fully saturated rings. The lowest BCUT2D eigenvalue weighted by molar-refractivity contribution is -0.0905. The molecule has 0 spiro atoms. The van der Waals surface area contributed by atoms with Gasteiger partial charge >= 0.3 is 6.09 Å². The average molecular weight is 316 g/mol. The molecule has 0 aliphatic heterocycles. The second kappa shape index (κ2) is 6.45. The molecule has 0 bridgehead atoms.